The molecule has 0 spiro atoms. The number of nitrogens with one attached hydrogen (secondary N) is 1. The second-order valence-corrected chi connectivity index (χ2v) is 13.7. The second-order valence-electron chi connectivity index (χ2n) is 13.7. The lowest BCUT2D eigenvalue weighted by Gasteiger charge is -2.35. The maximum atomic E-state index is 16.8. The number of rotatable bonds is 9. The molecule has 270 valence electrons. The normalized spacial score (nSPS) is 16.7. The third-order valence-electron chi connectivity index (χ3n) is 10.5. The van der Waals surface area contributed by atoms with Crippen molar-refractivity contribution in [2.24, 2.45) is 0 Å². The van der Waals surface area contributed by atoms with Crippen molar-refractivity contribution in [2.45, 2.75) is 37.6 Å². The SMILES string of the molecule is COc1cc(F)cnc1N1CCN(C(=O)c2cc3c(-c4cccc(C5(C#N)CC5)c4)cc(C4=CCCN(C(=O)CCn5ccnn5)C4)c(F)c3[nH]2)CC1. The predicted molar refractivity (Wildman–Crippen MR) is 193 cm³/mol. The van der Waals surface area contributed by atoms with Gasteiger partial charge in [0.2, 0.25) is 5.91 Å². The van der Waals surface area contributed by atoms with Gasteiger partial charge in [-0.05, 0) is 59.7 Å². The number of amides is 2. The molecule has 8 rings (SSSR count). The van der Waals surface area contributed by atoms with E-state index in [0.717, 1.165) is 35.7 Å². The van der Waals surface area contributed by atoms with Crippen LogP contribution in [0.4, 0.5) is 14.6 Å². The Kier molecular flexibility index (Phi) is 8.85. The molecule has 14 heteroatoms. The molecule has 0 atom stereocenters. The first-order chi connectivity index (χ1) is 25.8. The van der Waals surface area contributed by atoms with Crippen LogP contribution in [-0.2, 0) is 16.8 Å². The lowest BCUT2D eigenvalue weighted by molar-refractivity contribution is -0.131. The van der Waals surface area contributed by atoms with E-state index in [1.807, 2.05) is 41.3 Å². The molecular formula is C39H37F2N9O3. The van der Waals surface area contributed by atoms with Crippen LogP contribution < -0.4 is 9.64 Å². The Labute approximate surface area is 304 Å². The number of anilines is 1. The summed E-state index contributed by atoms with van der Waals surface area (Å²) in [5, 5.41) is 18.2. The standard InChI is InChI=1S/C39H37F2N9O3/c1-53-33-19-28(40)22-43-37(33)47-14-16-48(17-15-47)38(52)32-21-31-29(25-4-2-6-27(18-25)39(24-42)8-9-39)20-30(35(41)36(31)45-32)26-5-3-11-49(23-26)34(51)7-12-50-13-10-44-46-50/h2,4-6,10,13,18-22,45H,3,7-9,11-12,14-17,23H2,1H3. The number of aromatic amines is 1. The Balaban J connectivity index is 1.11. The van der Waals surface area contributed by atoms with Crippen LogP contribution in [0.1, 0.15) is 47.3 Å². The van der Waals surface area contributed by atoms with Gasteiger partial charge in [-0.3, -0.25) is 14.3 Å². The number of ether oxygens (including phenoxy) is 1. The molecule has 3 aliphatic rings. The van der Waals surface area contributed by atoms with Crippen molar-refractivity contribution in [3.05, 3.63) is 95.6 Å². The number of benzene rings is 2. The van der Waals surface area contributed by atoms with Gasteiger partial charge in [0.1, 0.15) is 11.5 Å². The summed E-state index contributed by atoms with van der Waals surface area (Å²) in [5.74, 6) is -0.516. The van der Waals surface area contributed by atoms with Gasteiger partial charge in [-0.15, -0.1) is 5.10 Å². The number of hydrogen-bond donors (Lipinski definition) is 1. The highest BCUT2D eigenvalue weighted by atomic mass is 19.1. The number of methoxy groups -OCH3 is 1. The highest BCUT2D eigenvalue weighted by Crippen LogP contribution is 2.48. The van der Waals surface area contributed by atoms with Crippen molar-refractivity contribution in [3.8, 4) is 22.9 Å². The molecular weight excluding hydrogens is 680 g/mol. The van der Waals surface area contributed by atoms with Gasteiger partial charge in [0, 0.05) is 68.9 Å². The number of pyridine rings is 1. The van der Waals surface area contributed by atoms with E-state index in [0.29, 0.717) is 73.8 Å². The summed E-state index contributed by atoms with van der Waals surface area (Å²) in [5.41, 5.74) is 3.39. The molecule has 0 unspecified atom stereocenters. The topological polar surface area (TPSA) is 136 Å². The van der Waals surface area contributed by atoms with Crippen molar-refractivity contribution in [2.75, 3.05) is 51.3 Å². The monoisotopic (exact) mass is 717 g/mol. The van der Waals surface area contributed by atoms with Gasteiger partial charge >= 0.3 is 0 Å². The Morgan fingerprint density at radius 2 is 1.87 bits per heavy atom. The first kappa shape index (κ1) is 34.0. The van der Waals surface area contributed by atoms with Gasteiger partial charge in [0.05, 0.1) is 43.0 Å². The smallest absolute Gasteiger partial charge is 0.270 e. The summed E-state index contributed by atoms with van der Waals surface area (Å²) in [6.07, 6.45) is 8.75. The van der Waals surface area contributed by atoms with Crippen molar-refractivity contribution < 1.29 is 23.1 Å². The number of hydrogen-bond acceptors (Lipinski definition) is 8. The molecule has 0 radical (unpaired) electrons. The molecule has 0 bridgehead atoms. The molecule has 1 saturated carbocycles. The Bertz CT molecular complexity index is 2280. The minimum Gasteiger partial charge on any atom is -0.493 e. The van der Waals surface area contributed by atoms with Crippen LogP contribution in [0.25, 0.3) is 27.6 Å². The summed E-state index contributed by atoms with van der Waals surface area (Å²) in [6.45, 7) is 2.77. The van der Waals surface area contributed by atoms with Crippen LogP contribution in [0, 0.1) is 23.0 Å². The van der Waals surface area contributed by atoms with E-state index in [2.05, 4.69) is 26.3 Å². The molecule has 1 saturated heterocycles. The second kappa shape index (κ2) is 13.8. The van der Waals surface area contributed by atoms with Gasteiger partial charge < -0.3 is 24.4 Å². The number of aryl methyl sites for hydroxylation is 1. The van der Waals surface area contributed by atoms with E-state index in [1.54, 1.807) is 32.9 Å². The number of halogens is 2. The summed E-state index contributed by atoms with van der Waals surface area (Å²) < 4.78 is 37.5. The number of nitrogens with zero attached hydrogens (tertiary/aromatic N) is 8. The number of fused-ring (bicyclic) bond motifs is 1. The van der Waals surface area contributed by atoms with Crippen LogP contribution in [-0.4, -0.2) is 93.0 Å². The molecule has 5 heterocycles. The van der Waals surface area contributed by atoms with Crippen molar-refractivity contribution >= 4 is 34.1 Å². The highest BCUT2D eigenvalue weighted by Gasteiger charge is 2.45. The third-order valence-corrected chi connectivity index (χ3v) is 10.5. The van der Waals surface area contributed by atoms with Crippen LogP contribution in [0.3, 0.4) is 0 Å². The Hall–Kier alpha value is -6.10. The fourth-order valence-electron chi connectivity index (χ4n) is 7.39. The quantitative estimate of drug-likeness (QED) is 0.216. The first-order valence-electron chi connectivity index (χ1n) is 17.7. The van der Waals surface area contributed by atoms with Crippen LogP contribution >= 0.6 is 0 Å². The lowest BCUT2D eigenvalue weighted by atomic mass is 9.90. The molecule has 5 aromatic rings. The minimum absolute atomic E-state index is 0.0618. The predicted octanol–water partition coefficient (Wildman–Crippen LogP) is 5.33. The van der Waals surface area contributed by atoms with E-state index < -0.39 is 17.0 Å². The number of nitriles is 1. The zero-order valence-corrected chi connectivity index (χ0v) is 29.2. The molecule has 2 amide bonds. The van der Waals surface area contributed by atoms with E-state index >= 15 is 4.39 Å². The van der Waals surface area contributed by atoms with E-state index in [-0.39, 0.29) is 36.0 Å². The molecule has 2 aromatic carbocycles. The van der Waals surface area contributed by atoms with E-state index in [1.165, 1.54) is 13.2 Å². The number of aromatic nitrogens is 5. The number of piperazine rings is 1. The number of carbonyl (C=O) groups excluding carboxylic acids is 2. The zero-order valence-electron chi connectivity index (χ0n) is 29.2. The van der Waals surface area contributed by atoms with Gasteiger partial charge in [-0.1, -0.05) is 29.5 Å². The summed E-state index contributed by atoms with van der Waals surface area (Å²) in [6, 6.07) is 15.1. The largest absolute Gasteiger partial charge is 0.493 e. The molecule has 1 aliphatic carbocycles. The van der Waals surface area contributed by atoms with Crippen molar-refractivity contribution in [3.63, 3.8) is 0 Å². The number of carbonyl (C=O) groups is 2. The summed E-state index contributed by atoms with van der Waals surface area (Å²) in [4.78, 5) is 39.9. The molecule has 2 aliphatic heterocycles. The minimum atomic E-state index is -0.522. The first-order valence-corrected chi connectivity index (χ1v) is 17.7. The molecule has 12 nitrogen and oxygen atoms in total. The molecule has 3 aromatic heterocycles. The third kappa shape index (κ3) is 6.47. The average molecular weight is 718 g/mol. The highest BCUT2D eigenvalue weighted by molar-refractivity contribution is 6.04. The maximum absolute atomic E-state index is 16.8. The summed E-state index contributed by atoms with van der Waals surface area (Å²) in [7, 11) is 1.46. The van der Waals surface area contributed by atoms with E-state index in [9.17, 15) is 19.2 Å². The van der Waals surface area contributed by atoms with Crippen molar-refractivity contribution in [1.82, 2.24) is 34.8 Å². The van der Waals surface area contributed by atoms with Gasteiger partial charge in [0.25, 0.3) is 5.91 Å². The van der Waals surface area contributed by atoms with Crippen LogP contribution in [0.15, 0.2) is 67.1 Å². The average Bonchev–Trinajstić information content (AvgIpc) is 3.57. The van der Waals surface area contributed by atoms with Crippen LogP contribution in [0.2, 0.25) is 0 Å². The summed E-state index contributed by atoms with van der Waals surface area (Å²) >= 11 is 0. The van der Waals surface area contributed by atoms with Crippen molar-refractivity contribution in [1.29, 1.82) is 5.26 Å². The lowest BCUT2D eigenvalue weighted by Crippen LogP contribution is -2.49. The Morgan fingerprint density at radius 3 is 2.60 bits per heavy atom. The fraction of sp³-hybridized carbons (Fsp3) is 0.333. The molecule has 2 fully saturated rings. The fourth-order valence-corrected chi connectivity index (χ4v) is 7.39. The Morgan fingerprint density at radius 1 is 1.04 bits per heavy atom. The van der Waals surface area contributed by atoms with Gasteiger partial charge in [-0.25, -0.2) is 13.8 Å². The zero-order chi connectivity index (χ0) is 36.7. The van der Waals surface area contributed by atoms with Gasteiger partial charge in [-0.2, -0.15) is 5.26 Å². The maximum Gasteiger partial charge on any atom is 0.270 e. The molecule has 53 heavy (non-hydrogen) atoms. The molecule has 1 N–H and O–H groups in total. The van der Waals surface area contributed by atoms with E-state index in [4.69, 9.17) is 4.74 Å². The van der Waals surface area contributed by atoms with Gasteiger partial charge in [0.15, 0.2) is 17.4 Å². The number of H-pyrrole nitrogens is 1. The van der Waals surface area contributed by atoms with Crippen LogP contribution in [0.5, 0.6) is 5.75 Å².